The Morgan fingerprint density at radius 2 is 1.68 bits per heavy atom. The lowest BCUT2D eigenvalue weighted by Crippen LogP contribution is -2.43. The van der Waals surface area contributed by atoms with Crippen LogP contribution in [0.1, 0.15) is 23.7 Å². The predicted molar refractivity (Wildman–Crippen MR) is 98.4 cm³/mol. The minimum Gasteiger partial charge on any atom is -0.481 e. The summed E-state index contributed by atoms with van der Waals surface area (Å²) in [5.74, 6) is -1.29. The molecule has 0 spiro atoms. The Labute approximate surface area is 151 Å². The number of thioether (sulfide) groups is 1. The third-order valence-electron chi connectivity index (χ3n) is 4.41. The van der Waals surface area contributed by atoms with E-state index in [4.69, 9.17) is 0 Å². The largest absolute Gasteiger partial charge is 0.481 e. The number of aliphatic carboxylic acids is 1. The van der Waals surface area contributed by atoms with Crippen molar-refractivity contribution in [2.45, 2.75) is 23.0 Å². The van der Waals surface area contributed by atoms with E-state index < -0.39 is 11.9 Å². The van der Waals surface area contributed by atoms with Crippen molar-refractivity contribution < 1.29 is 14.7 Å². The molecular formula is C20H21NO3S. The zero-order chi connectivity index (χ0) is 17.6. The number of carboxylic acids is 1. The third-order valence-corrected chi connectivity index (χ3v) is 5.66. The summed E-state index contributed by atoms with van der Waals surface area (Å²) < 4.78 is 0. The van der Waals surface area contributed by atoms with Crippen molar-refractivity contribution in [3.63, 3.8) is 0 Å². The Morgan fingerprint density at radius 1 is 1.04 bits per heavy atom. The standard InChI is InChI=1S/C20H21NO3S/c22-19(21-13-7-10-16(14-21)20(23)24)18(15-8-3-1-4-9-15)25-17-11-5-2-6-12-17/h1-6,8-9,11-12,16,18H,7,10,13-14H2,(H,23,24)/t16-,18-/m0/s1. The molecule has 3 rings (SSSR count). The van der Waals surface area contributed by atoms with Crippen molar-refractivity contribution in [1.82, 2.24) is 4.90 Å². The van der Waals surface area contributed by atoms with E-state index in [2.05, 4.69) is 0 Å². The SMILES string of the molecule is O=C(O)[C@H]1CCCN(C(=O)[C@@H](Sc2ccccc2)c2ccccc2)C1. The van der Waals surface area contributed by atoms with E-state index in [1.807, 2.05) is 60.7 Å². The molecule has 4 nitrogen and oxygen atoms in total. The van der Waals surface area contributed by atoms with Gasteiger partial charge in [-0.15, -0.1) is 11.8 Å². The van der Waals surface area contributed by atoms with Gasteiger partial charge in [-0.25, -0.2) is 0 Å². The monoisotopic (exact) mass is 355 g/mol. The number of rotatable bonds is 5. The highest BCUT2D eigenvalue weighted by Crippen LogP contribution is 2.37. The van der Waals surface area contributed by atoms with E-state index in [1.165, 1.54) is 11.8 Å². The van der Waals surface area contributed by atoms with Crippen molar-refractivity contribution in [1.29, 1.82) is 0 Å². The van der Waals surface area contributed by atoms with Gasteiger partial charge in [0.2, 0.25) is 5.91 Å². The zero-order valence-corrected chi connectivity index (χ0v) is 14.7. The van der Waals surface area contributed by atoms with Crippen molar-refractivity contribution in [2.24, 2.45) is 5.92 Å². The Kier molecular flexibility index (Phi) is 5.76. The molecule has 1 fully saturated rings. The zero-order valence-electron chi connectivity index (χ0n) is 13.9. The molecule has 2 aromatic carbocycles. The summed E-state index contributed by atoms with van der Waals surface area (Å²) in [4.78, 5) is 27.2. The predicted octanol–water partition coefficient (Wildman–Crippen LogP) is 3.84. The van der Waals surface area contributed by atoms with Gasteiger partial charge in [-0.1, -0.05) is 48.5 Å². The first-order valence-electron chi connectivity index (χ1n) is 8.43. The summed E-state index contributed by atoms with van der Waals surface area (Å²) in [6.45, 7) is 0.925. The number of benzene rings is 2. The van der Waals surface area contributed by atoms with E-state index in [-0.39, 0.29) is 11.2 Å². The smallest absolute Gasteiger partial charge is 0.308 e. The molecule has 0 aromatic heterocycles. The van der Waals surface area contributed by atoms with Crippen LogP contribution >= 0.6 is 11.8 Å². The van der Waals surface area contributed by atoms with E-state index in [0.717, 1.165) is 16.9 Å². The number of likely N-dealkylation sites (tertiary alicyclic amines) is 1. The first-order chi connectivity index (χ1) is 12.1. The molecule has 130 valence electrons. The van der Waals surface area contributed by atoms with Gasteiger partial charge in [0.05, 0.1) is 5.92 Å². The molecule has 5 heteroatoms. The van der Waals surface area contributed by atoms with Crippen LogP contribution in [0, 0.1) is 5.92 Å². The average Bonchev–Trinajstić information content (AvgIpc) is 2.67. The van der Waals surface area contributed by atoms with Gasteiger partial charge in [-0.3, -0.25) is 9.59 Å². The lowest BCUT2D eigenvalue weighted by atomic mass is 9.97. The minimum atomic E-state index is -0.815. The molecule has 0 bridgehead atoms. The number of amides is 1. The van der Waals surface area contributed by atoms with Gasteiger partial charge in [-0.05, 0) is 30.5 Å². The molecule has 25 heavy (non-hydrogen) atoms. The van der Waals surface area contributed by atoms with Crippen LogP contribution in [0.3, 0.4) is 0 Å². The summed E-state index contributed by atoms with van der Waals surface area (Å²) in [7, 11) is 0. The molecule has 1 heterocycles. The molecule has 1 N–H and O–H groups in total. The van der Waals surface area contributed by atoms with Gasteiger partial charge in [0.15, 0.2) is 0 Å². The van der Waals surface area contributed by atoms with Crippen LogP contribution in [-0.2, 0) is 9.59 Å². The van der Waals surface area contributed by atoms with Gasteiger partial charge < -0.3 is 10.0 Å². The number of nitrogens with zero attached hydrogens (tertiary/aromatic N) is 1. The molecule has 2 atom stereocenters. The fraction of sp³-hybridized carbons (Fsp3) is 0.300. The lowest BCUT2D eigenvalue weighted by Gasteiger charge is -2.33. The van der Waals surface area contributed by atoms with Crippen molar-refractivity contribution >= 4 is 23.6 Å². The average molecular weight is 355 g/mol. The topological polar surface area (TPSA) is 57.6 Å². The third kappa shape index (κ3) is 4.42. The highest BCUT2D eigenvalue weighted by Gasteiger charge is 2.32. The van der Waals surface area contributed by atoms with Crippen LogP contribution in [0.25, 0.3) is 0 Å². The van der Waals surface area contributed by atoms with Gasteiger partial charge in [0, 0.05) is 18.0 Å². The van der Waals surface area contributed by atoms with Gasteiger partial charge in [0.25, 0.3) is 0 Å². The van der Waals surface area contributed by atoms with E-state index in [9.17, 15) is 14.7 Å². The van der Waals surface area contributed by atoms with Crippen LogP contribution in [0.2, 0.25) is 0 Å². The maximum atomic E-state index is 13.2. The fourth-order valence-electron chi connectivity index (χ4n) is 3.07. The number of carbonyl (C=O) groups is 2. The molecule has 1 saturated heterocycles. The van der Waals surface area contributed by atoms with Crippen LogP contribution in [0.4, 0.5) is 0 Å². The van der Waals surface area contributed by atoms with Gasteiger partial charge >= 0.3 is 5.97 Å². The summed E-state index contributed by atoms with van der Waals surface area (Å²) in [6.07, 6.45) is 1.38. The van der Waals surface area contributed by atoms with Crippen LogP contribution < -0.4 is 0 Å². The molecule has 0 unspecified atom stereocenters. The second-order valence-electron chi connectivity index (χ2n) is 6.18. The Hall–Kier alpha value is -2.27. The van der Waals surface area contributed by atoms with Gasteiger partial charge in [-0.2, -0.15) is 0 Å². The first-order valence-corrected chi connectivity index (χ1v) is 9.31. The second-order valence-corrected chi connectivity index (χ2v) is 7.36. The summed E-state index contributed by atoms with van der Waals surface area (Å²) in [5.41, 5.74) is 0.943. The maximum absolute atomic E-state index is 13.2. The van der Waals surface area contributed by atoms with Gasteiger partial charge in [0.1, 0.15) is 5.25 Å². The lowest BCUT2D eigenvalue weighted by molar-refractivity contribution is -0.145. The van der Waals surface area contributed by atoms with Crippen molar-refractivity contribution in [3.05, 3.63) is 66.2 Å². The molecule has 0 saturated carbocycles. The maximum Gasteiger partial charge on any atom is 0.308 e. The number of hydrogen-bond acceptors (Lipinski definition) is 3. The Morgan fingerprint density at radius 3 is 2.32 bits per heavy atom. The first kappa shape index (κ1) is 17.5. The summed E-state index contributed by atoms with van der Waals surface area (Å²) in [6, 6.07) is 19.5. The Balaban J connectivity index is 1.83. The molecule has 0 radical (unpaired) electrons. The van der Waals surface area contributed by atoms with Crippen LogP contribution in [0.15, 0.2) is 65.6 Å². The highest BCUT2D eigenvalue weighted by atomic mass is 32.2. The summed E-state index contributed by atoms with van der Waals surface area (Å²) >= 11 is 1.51. The summed E-state index contributed by atoms with van der Waals surface area (Å²) in [5, 5.41) is 8.92. The molecule has 0 aliphatic carbocycles. The van der Waals surface area contributed by atoms with E-state index >= 15 is 0 Å². The number of carboxylic acid groups (broad SMARTS) is 1. The van der Waals surface area contributed by atoms with E-state index in [0.29, 0.717) is 19.5 Å². The molecule has 2 aromatic rings. The number of carbonyl (C=O) groups excluding carboxylic acids is 1. The fourth-order valence-corrected chi connectivity index (χ4v) is 4.20. The number of piperidine rings is 1. The molecule has 1 aliphatic rings. The molecule has 1 amide bonds. The minimum absolute atomic E-state index is 0.00833. The van der Waals surface area contributed by atoms with Crippen molar-refractivity contribution in [2.75, 3.05) is 13.1 Å². The second kappa shape index (κ2) is 8.21. The quantitative estimate of drug-likeness (QED) is 0.828. The molecular weight excluding hydrogens is 334 g/mol. The van der Waals surface area contributed by atoms with Crippen LogP contribution in [-0.4, -0.2) is 35.0 Å². The Bertz CT molecular complexity index is 720. The normalized spacial score (nSPS) is 18.6. The molecule has 1 aliphatic heterocycles. The van der Waals surface area contributed by atoms with Crippen molar-refractivity contribution in [3.8, 4) is 0 Å². The number of hydrogen-bond donors (Lipinski definition) is 1. The van der Waals surface area contributed by atoms with E-state index in [1.54, 1.807) is 4.90 Å². The van der Waals surface area contributed by atoms with Crippen LogP contribution in [0.5, 0.6) is 0 Å². The highest BCUT2D eigenvalue weighted by molar-refractivity contribution is 8.00.